The topological polar surface area (TPSA) is 95.1 Å². The Hall–Kier alpha value is -3.63. The summed E-state index contributed by atoms with van der Waals surface area (Å²) in [6.07, 6.45) is -4.56. The van der Waals surface area contributed by atoms with E-state index in [1.54, 1.807) is 6.92 Å². The highest BCUT2D eigenvalue weighted by molar-refractivity contribution is 5.97. The summed E-state index contributed by atoms with van der Waals surface area (Å²) >= 11 is 0. The van der Waals surface area contributed by atoms with Crippen LogP contribution in [0.2, 0.25) is 0 Å². The first kappa shape index (κ1) is 25.6. The molecule has 11 heteroatoms. The number of halogens is 3. The first-order chi connectivity index (χ1) is 15.6. The van der Waals surface area contributed by atoms with Crippen molar-refractivity contribution >= 4 is 11.8 Å². The van der Waals surface area contributed by atoms with Crippen molar-refractivity contribution in [2.24, 2.45) is 0 Å². The first-order valence-corrected chi connectivity index (χ1v) is 9.77. The van der Waals surface area contributed by atoms with Gasteiger partial charge < -0.3 is 29.6 Å². The van der Waals surface area contributed by atoms with Crippen molar-refractivity contribution in [3.63, 3.8) is 0 Å². The minimum Gasteiger partial charge on any atom is -0.493 e. The Morgan fingerprint density at radius 1 is 0.970 bits per heavy atom. The third-order valence-electron chi connectivity index (χ3n) is 4.43. The predicted octanol–water partition coefficient (Wildman–Crippen LogP) is 3.04. The lowest BCUT2D eigenvalue weighted by molar-refractivity contribution is -0.139. The van der Waals surface area contributed by atoms with E-state index >= 15 is 0 Å². The molecular formula is C22H25F3N2O6. The first-order valence-electron chi connectivity index (χ1n) is 9.77. The Labute approximate surface area is 189 Å². The summed E-state index contributed by atoms with van der Waals surface area (Å²) in [6, 6.07) is 7.06. The number of alkyl halides is 3. The summed E-state index contributed by atoms with van der Waals surface area (Å²) in [4.78, 5) is 24.6. The third kappa shape index (κ3) is 6.93. The monoisotopic (exact) mass is 470 g/mol. The van der Waals surface area contributed by atoms with Crippen molar-refractivity contribution in [2.45, 2.75) is 19.1 Å². The van der Waals surface area contributed by atoms with Crippen LogP contribution in [0.3, 0.4) is 0 Å². The molecule has 8 nitrogen and oxygen atoms in total. The number of hydrogen-bond acceptors (Lipinski definition) is 6. The molecule has 2 aromatic rings. The van der Waals surface area contributed by atoms with Crippen LogP contribution in [0.1, 0.15) is 22.8 Å². The van der Waals surface area contributed by atoms with Gasteiger partial charge in [-0.3, -0.25) is 9.59 Å². The number of para-hydroxylation sites is 1. The van der Waals surface area contributed by atoms with Crippen LogP contribution in [0, 0.1) is 0 Å². The van der Waals surface area contributed by atoms with Crippen LogP contribution in [0.5, 0.6) is 23.0 Å². The van der Waals surface area contributed by atoms with Gasteiger partial charge >= 0.3 is 6.18 Å². The molecule has 0 saturated carbocycles. The van der Waals surface area contributed by atoms with Gasteiger partial charge in [0.05, 0.1) is 39.5 Å². The van der Waals surface area contributed by atoms with Gasteiger partial charge in [-0.05, 0) is 31.2 Å². The largest absolute Gasteiger partial charge is 0.493 e. The highest BCUT2D eigenvalue weighted by atomic mass is 19.4. The van der Waals surface area contributed by atoms with Crippen LogP contribution < -0.4 is 29.6 Å². The van der Waals surface area contributed by atoms with Crippen molar-refractivity contribution in [2.75, 3.05) is 34.5 Å². The van der Waals surface area contributed by atoms with Gasteiger partial charge in [-0.25, -0.2) is 0 Å². The van der Waals surface area contributed by atoms with Crippen LogP contribution in [-0.4, -0.2) is 52.3 Å². The van der Waals surface area contributed by atoms with E-state index in [4.69, 9.17) is 18.9 Å². The molecule has 0 radical (unpaired) electrons. The van der Waals surface area contributed by atoms with Crippen LogP contribution in [0.25, 0.3) is 0 Å². The molecule has 0 saturated heterocycles. The van der Waals surface area contributed by atoms with E-state index in [2.05, 4.69) is 10.6 Å². The van der Waals surface area contributed by atoms with Crippen molar-refractivity contribution in [1.82, 2.24) is 10.6 Å². The fourth-order valence-corrected chi connectivity index (χ4v) is 2.88. The summed E-state index contributed by atoms with van der Waals surface area (Å²) in [7, 11) is 4.24. The second-order valence-electron chi connectivity index (χ2n) is 6.87. The maximum absolute atomic E-state index is 13.0. The molecule has 0 fully saturated rings. The summed E-state index contributed by atoms with van der Waals surface area (Å²) in [6.45, 7) is 1.01. The van der Waals surface area contributed by atoms with Gasteiger partial charge in [-0.1, -0.05) is 12.1 Å². The van der Waals surface area contributed by atoms with Crippen LogP contribution in [0.4, 0.5) is 13.2 Å². The van der Waals surface area contributed by atoms with Crippen LogP contribution >= 0.6 is 0 Å². The van der Waals surface area contributed by atoms with Crippen molar-refractivity contribution in [3.8, 4) is 23.0 Å². The average Bonchev–Trinajstić information content (AvgIpc) is 2.79. The summed E-state index contributed by atoms with van der Waals surface area (Å²) < 4.78 is 59.9. The predicted molar refractivity (Wildman–Crippen MR) is 113 cm³/mol. The standard InChI is InChI=1S/C22H25F3N2O6/c1-13(12-33-16-8-6-5-7-15(16)22(23,24)25)27-19(28)11-26-21(29)14-9-17(30-2)20(32-4)18(10-14)31-3/h5-10,13H,11-12H2,1-4H3,(H,26,29)(H,27,28). The molecule has 0 aliphatic heterocycles. The van der Waals surface area contributed by atoms with Gasteiger partial charge in [0.15, 0.2) is 11.5 Å². The van der Waals surface area contributed by atoms with Gasteiger partial charge in [0.25, 0.3) is 5.91 Å². The maximum atomic E-state index is 13.0. The molecule has 2 rings (SSSR count). The van der Waals surface area contributed by atoms with Crippen molar-refractivity contribution in [1.29, 1.82) is 0 Å². The van der Waals surface area contributed by atoms with Crippen molar-refractivity contribution in [3.05, 3.63) is 47.5 Å². The molecule has 0 bridgehead atoms. The number of hydrogen-bond donors (Lipinski definition) is 2. The summed E-state index contributed by atoms with van der Waals surface area (Å²) in [5, 5.41) is 5.00. The number of carbonyl (C=O) groups excluding carboxylic acids is 2. The number of benzene rings is 2. The molecule has 33 heavy (non-hydrogen) atoms. The number of carbonyl (C=O) groups is 2. The minimum atomic E-state index is -4.56. The molecule has 2 N–H and O–H groups in total. The number of amides is 2. The second-order valence-corrected chi connectivity index (χ2v) is 6.87. The van der Waals surface area contributed by atoms with E-state index in [1.165, 1.54) is 51.7 Å². The zero-order valence-corrected chi connectivity index (χ0v) is 18.5. The fourth-order valence-electron chi connectivity index (χ4n) is 2.88. The second kappa shape index (κ2) is 11.3. The van der Waals surface area contributed by atoms with E-state index in [0.29, 0.717) is 5.75 Å². The SMILES string of the molecule is COc1cc(C(=O)NCC(=O)NC(C)COc2ccccc2C(F)(F)F)cc(OC)c1OC. The Bertz CT molecular complexity index is 956. The molecule has 2 amide bonds. The third-order valence-corrected chi connectivity index (χ3v) is 4.43. The fraction of sp³-hybridized carbons (Fsp3) is 0.364. The highest BCUT2D eigenvalue weighted by Crippen LogP contribution is 2.38. The quantitative estimate of drug-likeness (QED) is 0.554. The Morgan fingerprint density at radius 3 is 2.12 bits per heavy atom. The van der Waals surface area contributed by atoms with Gasteiger partial charge in [0.1, 0.15) is 12.4 Å². The lowest BCUT2D eigenvalue weighted by Gasteiger charge is -2.18. The zero-order valence-electron chi connectivity index (χ0n) is 18.5. The molecule has 0 heterocycles. The van der Waals surface area contributed by atoms with Gasteiger partial charge in [0, 0.05) is 5.56 Å². The molecule has 0 aliphatic rings. The molecular weight excluding hydrogens is 445 g/mol. The Balaban J connectivity index is 1.91. The minimum absolute atomic E-state index is 0.178. The van der Waals surface area contributed by atoms with Gasteiger partial charge in [-0.2, -0.15) is 13.2 Å². The molecule has 180 valence electrons. The van der Waals surface area contributed by atoms with Crippen LogP contribution in [0.15, 0.2) is 36.4 Å². The molecule has 0 aliphatic carbocycles. The molecule has 0 aromatic heterocycles. The molecule has 2 aromatic carbocycles. The smallest absolute Gasteiger partial charge is 0.419 e. The summed E-state index contributed by atoms with van der Waals surface area (Å²) in [5.41, 5.74) is -0.724. The van der Waals surface area contributed by atoms with E-state index in [-0.39, 0.29) is 36.0 Å². The van der Waals surface area contributed by atoms with Crippen molar-refractivity contribution < 1.29 is 41.7 Å². The lowest BCUT2D eigenvalue weighted by atomic mass is 10.1. The zero-order chi connectivity index (χ0) is 24.6. The van der Waals surface area contributed by atoms with Crippen LogP contribution in [-0.2, 0) is 11.0 Å². The summed E-state index contributed by atoms with van der Waals surface area (Å²) in [5.74, 6) is -0.576. The normalized spacial score (nSPS) is 11.8. The highest BCUT2D eigenvalue weighted by Gasteiger charge is 2.34. The average molecular weight is 470 g/mol. The number of ether oxygens (including phenoxy) is 4. The maximum Gasteiger partial charge on any atom is 0.419 e. The molecule has 0 spiro atoms. The Kier molecular flexibility index (Phi) is 8.78. The number of nitrogens with one attached hydrogen (secondary N) is 2. The van der Waals surface area contributed by atoms with Gasteiger partial charge in [-0.15, -0.1) is 0 Å². The van der Waals surface area contributed by atoms with E-state index < -0.39 is 29.6 Å². The lowest BCUT2D eigenvalue weighted by Crippen LogP contribution is -2.43. The number of methoxy groups -OCH3 is 3. The Morgan fingerprint density at radius 2 is 1.58 bits per heavy atom. The molecule has 1 atom stereocenters. The van der Waals surface area contributed by atoms with E-state index in [0.717, 1.165) is 6.07 Å². The van der Waals surface area contributed by atoms with E-state index in [1.807, 2.05) is 0 Å². The number of rotatable bonds is 10. The van der Waals surface area contributed by atoms with E-state index in [9.17, 15) is 22.8 Å². The molecule has 1 unspecified atom stereocenters. The van der Waals surface area contributed by atoms with Gasteiger partial charge in [0.2, 0.25) is 11.7 Å².